The summed E-state index contributed by atoms with van der Waals surface area (Å²) in [6, 6.07) is 8.64. The van der Waals surface area contributed by atoms with E-state index >= 15 is 0 Å². The summed E-state index contributed by atoms with van der Waals surface area (Å²) in [5.74, 6) is -3.10. The summed E-state index contributed by atoms with van der Waals surface area (Å²) in [5.41, 5.74) is 2.70. The number of hydrogen-bond acceptors (Lipinski definition) is 9. The molecule has 2 N–H and O–H groups in total. The molecule has 240 valence electrons. The van der Waals surface area contributed by atoms with E-state index in [1.165, 1.54) is 31.4 Å². The second-order valence-corrected chi connectivity index (χ2v) is 12.2. The minimum atomic E-state index is -1.01. The summed E-state index contributed by atoms with van der Waals surface area (Å²) < 4.78 is 34.0. The van der Waals surface area contributed by atoms with E-state index in [4.69, 9.17) is 14.8 Å². The molecule has 3 aliphatic heterocycles. The third kappa shape index (κ3) is 6.09. The largest absolute Gasteiger partial charge is 0.481 e. The van der Waals surface area contributed by atoms with Crippen molar-refractivity contribution in [3.8, 4) is 0 Å². The molecular weight excluding hydrogens is 618 g/mol. The number of thiazole rings is 1. The number of methoxy groups -OCH3 is 1. The van der Waals surface area contributed by atoms with E-state index in [1.807, 2.05) is 29.2 Å². The van der Waals surface area contributed by atoms with Crippen LogP contribution in [0.2, 0.25) is 0 Å². The second-order valence-electron chi connectivity index (χ2n) is 11.3. The SMILES string of the molecule is COC(=O)C1=C(CN2CCN3C(=O)N(c4ccc(CCC(=O)O)cc4)C[C@@H]3C2)NC(c2nccs2)=N[C@H]1c1ccc(F)c(F)c1C. The van der Waals surface area contributed by atoms with E-state index in [1.54, 1.807) is 16.5 Å². The van der Waals surface area contributed by atoms with Gasteiger partial charge in [-0.05, 0) is 48.2 Å². The van der Waals surface area contributed by atoms with Crippen molar-refractivity contribution in [2.45, 2.75) is 31.8 Å². The number of fused-ring (bicyclic) bond motifs is 1. The van der Waals surface area contributed by atoms with Crippen LogP contribution in [-0.4, -0.2) is 89.6 Å². The van der Waals surface area contributed by atoms with Crippen molar-refractivity contribution < 1.29 is 33.0 Å². The van der Waals surface area contributed by atoms with Crippen LogP contribution in [0.15, 0.2) is 64.2 Å². The number of carbonyl (C=O) groups is 3. The maximum absolute atomic E-state index is 14.7. The zero-order valence-corrected chi connectivity index (χ0v) is 26.0. The lowest BCUT2D eigenvalue weighted by Gasteiger charge is -2.38. The van der Waals surface area contributed by atoms with Gasteiger partial charge in [0.15, 0.2) is 22.5 Å². The molecule has 0 bridgehead atoms. The van der Waals surface area contributed by atoms with Crippen LogP contribution in [0.3, 0.4) is 0 Å². The van der Waals surface area contributed by atoms with E-state index in [0.29, 0.717) is 54.7 Å². The number of amides is 2. The van der Waals surface area contributed by atoms with Crippen molar-refractivity contribution in [1.82, 2.24) is 20.1 Å². The number of aryl methyl sites for hydroxylation is 1. The van der Waals surface area contributed by atoms with Gasteiger partial charge in [-0.1, -0.05) is 18.2 Å². The Hall–Kier alpha value is -4.69. The summed E-state index contributed by atoms with van der Waals surface area (Å²) in [7, 11) is 1.26. The molecule has 3 aromatic rings. The first-order valence-electron chi connectivity index (χ1n) is 14.8. The van der Waals surface area contributed by atoms with Crippen LogP contribution < -0.4 is 10.2 Å². The number of anilines is 1. The van der Waals surface area contributed by atoms with E-state index in [9.17, 15) is 23.2 Å². The quantitative estimate of drug-likeness (QED) is 0.334. The van der Waals surface area contributed by atoms with Gasteiger partial charge in [0.1, 0.15) is 6.04 Å². The molecule has 0 unspecified atom stereocenters. The molecule has 0 spiro atoms. The fraction of sp³-hybridized carbons (Fsp3) is 0.344. The second kappa shape index (κ2) is 13.0. The number of aromatic nitrogens is 1. The summed E-state index contributed by atoms with van der Waals surface area (Å²) in [5, 5.41) is 14.6. The van der Waals surface area contributed by atoms with E-state index in [0.717, 1.165) is 17.3 Å². The van der Waals surface area contributed by atoms with Crippen molar-refractivity contribution >= 4 is 40.8 Å². The Balaban J connectivity index is 1.26. The van der Waals surface area contributed by atoms with Crippen LogP contribution in [-0.2, 0) is 20.7 Å². The number of rotatable bonds is 9. The third-order valence-electron chi connectivity index (χ3n) is 8.54. The topological polar surface area (TPSA) is 128 Å². The predicted octanol–water partition coefficient (Wildman–Crippen LogP) is 3.89. The number of esters is 1. The molecule has 14 heteroatoms. The monoisotopic (exact) mass is 650 g/mol. The van der Waals surface area contributed by atoms with Crippen LogP contribution in [0, 0.1) is 18.6 Å². The van der Waals surface area contributed by atoms with Crippen molar-refractivity contribution in [2.75, 3.05) is 44.7 Å². The molecule has 2 fully saturated rings. The van der Waals surface area contributed by atoms with Gasteiger partial charge in [-0.25, -0.2) is 23.4 Å². The Morgan fingerprint density at radius 2 is 1.91 bits per heavy atom. The van der Waals surface area contributed by atoms with E-state index in [-0.39, 0.29) is 36.2 Å². The fourth-order valence-electron chi connectivity index (χ4n) is 6.16. The normalized spacial score (nSPS) is 20.0. The highest BCUT2D eigenvalue weighted by molar-refractivity contribution is 7.11. The number of amidine groups is 1. The average molecular weight is 651 g/mol. The molecule has 0 saturated carbocycles. The van der Waals surface area contributed by atoms with Gasteiger partial charge >= 0.3 is 18.0 Å². The maximum Gasteiger partial charge on any atom is 0.338 e. The Bertz CT molecular complexity index is 1730. The van der Waals surface area contributed by atoms with Gasteiger partial charge in [0.05, 0.1) is 18.7 Å². The average Bonchev–Trinajstić information content (AvgIpc) is 3.71. The first-order valence-corrected chi connectivity index (χ1v) is 15.6. The number of hydrogen-bond donors (Lipinski definition) is 2. The highest BCUT2D eigenvalue weighted by atomic mass is 32.1. The summed E-state index contributed by atoms with van der Waals surface area (Å²) >= 11 is 1.35. The predicted molar refractivity (Wildman–Crippen MR) is 167 cm³/mol. The highest BCUT2D eigenvalue weighted by Crippen LogP contribution is 2.36. The number of piperazine rings is 1. The van der Waals surface area contributed by atoms with E-state index in [2.05, 4.69) is 15.2 Å². The van der Waals surface area contributed by atoms with Crippen molar-refractivity contribution in [3.05, 3.63) is 92.6 Å². The molecule has 2 saturated heterocycles. The lowest BCUT2D eigenvalue weighted by atomic mass is 9.92. The zero-order valence-electron chi connectivity index (χ0n) is 25.2. The van der Waals surface area contributed by atoms with Crippen LogP contribution in [0.4, 0.5) is 19.3 Å². The molecule has 2 amide bonds. The first-order chi connectivity index (χ1) is 22.1. The van der Waals surface area contributed by atoms with Crippen LogP contribution in [0.25, 0.3) is 0 Å². The number of aliphatic carboxylic acids is 1. The van der Waals surface area contributed by atoms with E-state index < -0.39 is 29.6 Å². The Morgan fingerprint density at radius 1 is 1.13 bits per heavy atom. The number of carboxylic acid groups (broad SMARTS) is 1. The van der Waals surface area contributed by atoms with Gasteiger partial charge < -0.3 is 20.1 Å². The molecule has 46 heavy (non-hydrogen) atoms. The number of carboxylic acids is 1. The van der Waals surface area contributed by atoms with Gasteiger partial charge in [-0.3, -0.25) is 19.6 Å². The Labute approximate surface area is 267 Å². The summed E-state index contributed by atoms with van der Waals surface area (Å²) in [6.07, 6.45) is 2.08. The Kier molecular flexibility index (Phi) is 8.82. The Morgan fingerprint density at radius 3 is 2.61 bits per heavy atom. The van der Waals surface area contributed by atoms with Crippen LogP contribution in [0.1, 0.15) is 34.2 Å². The number of ether oxygens (including phenoxy) is 1. The molecule has 2 aromatic carbocycles. The smallest absolute Gasteiger partial charge is 0.338 e. The number of benzene rings is 2. The first kappa shape index (κ1) is 31.3. The minimum absolute atomic E-state index is 0.0367. The number of nitrogens with zero attached hydrogens (tertiary/aromatic N) is 5. The van der Waals surface area contributed by atoms with Crippen LogP contribution in [0.5, 0.6) is 0 Å². The lowest BCUT2D eigenvalue weighted by Crippen LogP contribution is -2.53. The van der Waals surface area contributed by atoms with Gasteiger partial charge in [0, 0.05) is 62.1 Å². The molecule has 0 aliphatic carbocycles. The molecule has 11 nitrogen and oxygen atoms in total. The molecule has 4 heterocycles. The standard InChI is InChI=1S/C32H32F2N6O5S/c1-18-22(8-9-23(33)27(18)34)28-26(31(43)45-2)24(36-29(37-28)30-35-11-14-46-30)17-38-12-13-39-21(15-38)16-40(32(39)44)20-6-3-19(4-7-20)5-10-25(41)42/h3-4,6-9,11,14,21,28H,5,10,12-13,15-17H2,1-2H3,(H,36,37)(H,41,42)/t21-,28-/m0/s1. The van der Waals surface area contributed by atoms with Gasteiger partial charge in [0.25, 0.3) is 0 Å². The number of urea groups is 1. The molecular formula is C32H32F2N6O5S. The zero-order chi connectivity index (χ0) is 32.5. The van der Waals surface area contributed by atoms with Crippen LogP contribution >= 0.6 is 11.3 Å². The lowest BCUT2D eigenvalue weighted by molar-refractivity contribution is -0.137. The van der Waals surface area contributed by atoms with Crippen molar-refractivity contribution in [3.63, 3.8) is 0 Å². The molecule has 0 radical (unpaired) electrons. The van der Waals surface area contributed by atoms with Gasteiger partial charge in [-0.2, -0.15) is 0 Å². The van der Waals surface area contributed by atoms with Crippen molar-refractivity contribution in [1.29, 1.82) is 0 Å². The molecule has 1 aromatic heterocycles. The molecule has 3 aliphatic rings. The number of aliphatic imine (C=N–C) groups is 1. The van der Waals surface area contributed by atoms with Gasteiger partial charge in [-0.15, -0.1) is 11.3 Å². The third-order valence-corrected chi connectivity index (χ3v) is 9.32. The molecule has 2 atom stereocenters. The maximum atomic E-state index is 14.7. The number of nitrogens with one attached hydrogen (secondary N) is 1. The fourth-order valence-corrected chi connectivity index (χ4v) is 6.74. The minimum Gasteiger partial charge on any atom is -0.481 e. The number of halogens is 2. The highest BCUT2D eigenvalue weighted by Gasteiger charge is 2.42. The summed E-state index contributed by atoms with van der Waals surface area (Å²) in [6.45, 7) is 3.72. The summed E-state index contributed by atoms with van der Waals surface area (Å²) in [4.78, 5) is 52.4. The van der Waals surface area contributed by atoms with Crippen molar-refractivity contribution in [2.24, 2.45) is 4.99 Å². The molecule has 6 rings (SSSR count). The number of carbonyl (C=O) groups excluding carboxylic acids is 2. The van der Waals surface area contributed by atoms with Gasteiger partial charge in [0.2, 0.25) is 0 Å².